The molecule has 0 aliphatic carbocycles. The Morgan fingerprint density at radius 1 is 1.39 bits per heavy atom. The Labute approximate surface area is 135 Å². The van der Waals surface area contributed by atoms with Crippen molar-refractivity contribution in [3.05, 3.63) is 42.0 Å². The van der Waals surface area contributed by atoms with E-state index in [9.17, 15) is 4.79 Å². The summed E-state index contributed by atoms with van der Waals surface area (Å²) in [6.07, 6.45) is 8.05. The van der Waals surface area contributed by atoms with Crippen LogP contribution in [0.15, 0.2) is 30.7 Å². The Morgan fingerprint density at radius 2 is 2.13 bits per heavy atom. The zero-order valence-corrected chi connectivity index (χ0v) is 13.3. The Kier molecular flexibility index (Phi) is 4.97. The lowest BCUT2D eigenvalue weighted by Gasteiger charge is -2.22. The van der Waals surface area contributed by atoms with Gasteiger partial charge in [-0.15, -0.1) is 5.10 Å². The molecule has 0 saturated carbocycles. The predicted octanol–water partition coefficient (Wildman–Crippen LogP) is 1.48. The van der Waals surface area contributed by atoms with E-state index in [4.69, 9.17) is 0 Å². The molecule has 0 radical (unpaired) electrons. The summed E-state index contributed by atoms with van der Waals surface area (Å²) in [6, 6.07) is 4.11. The van der Waals surface area contributed by atoms with Gasteiger partial charge in [0.15, 0.2) is 5.69 Å². The first-order valence-corrected chi connectivity index (χ1v) is 8.11. The molecule has 1 aliphatic rings. The number of nitrogens with one attached hydrogen (secondary N) is 2. The van der Waals surface area contributed by atoms with Crippen LogP contribution in [0.3, 0.4) is 0 Å². The molecule has 1 fully saturated rings. The topological polar surface area (TPSA) is 84.7 Å². The van der Waals surface area contributed by atoms with Crippen molar-refractivity contribution in [3.63, 3.8) is 0 Å². The molecule has 2 aromatic heterocycles. The summed E-state index contributed by atoms with van der Waals surface area (Å²) in [5, 5.41) is 14.5. The molecule has 1 amide bonds. The third-order valence-corrected chi connectivity index (χ3v) is 4.25. The fourth-order valence-corrected chi connectivity index (χ4v) is 2.88. The minimum Gasteiger partial charge on any atom is -0.344 e. The van der Waals surface area contributed by atoms with Crippen molar-refractivity contribution in [1.82, 2.24) is 30.6 Å². The SMILES string of the molecule is CCC(NC(=O)c1cn(C2CCNCC2)nn1)c1ccncc1. The van der Waals surface area contributed by atoms with Crippen molar-refractivity contribution >= 4 is 5.91 Å². The second-order valence-electron chi connectivity index (χ2n) is 5.78. The average Bonchev–Trinajstić information content (AvgIpc) is 3.11. The van der Waals surface area contributed by atoms with E-state index in [1.165, 1.54) is 0 Å². The van der Waals surface area contributed by atoms with E-state index in [1.54, 1.807) is 18.6 Å². The van der Waals surface area contributed by atoms with Gasteiger partial charge in [0.05, 0.1) is 18.3 Å². The number of hydrogen-bond donors (Lipinski definition) is 2. The van der Waals surface area contributed by atoms with E-state index in [-0.39, 0.29) is 11.9 Å². The second-order valence-corrected chi connectivity index (χ2v) is 5.78. The normalized spacial score (nSPS) is 16.9. The van der Waals surface area contributed by atoms with Crippen LogP contribution in [0.1, 0.15) is 54.3 Å². The number of piperidine rings is 1. The zero-order chi connectivity index (χ0) is 16.1. The molecule has 23 heavy (non-hydrogen) atoms. The lowest BCUT2D eigenvalue weighted by molar-refractivity contribution is 0.0930. The highest BCUT2D eigenvalue weighted by Crippen LogP contribution is 2.18. The molecule has 0 bridgehead atoms. The van der Waals surface area contributed by atoms with Crippen LogP contribution < -0.4 is 10.6 Å². The van der Waals surface area contributed by atoms with Crippen LogP contribution in [0, 0.1) is 0 Å². The second kappa shape index (κ2) is 7.32. The van der Waals surface area contributed by atoms with Gasteiger partial charge in [0.25, 0.3) is 5.91 Å². The predicted molar refractivity (Wildman–Crippen MR) is 85.9 cm³/mol. The van der Waals surface area contributed by atoms with Gasteiger partial charge in [0.1, 0.15) is 0 Å². The van der Waals surface area contributed by atoms with Gasteiger partial charge in [-0.25, -0.2) is 4.68 Å². The summed E-state index contributed by atoms with van der Waals surface area (Å²) in [5.74, 6) is -0.186. The van der Waals surface area contributed by atoms with Crippen molar-refractivity contribution in [2.24, 2.45) is 0 Å². The van der Waals surface area contributed by atoms with Crippen LogP contribution in [0.5, 0.6) is 0 Å². The number of pyridine rings is 1. The third-order valence-electron chi connectivity index (χ3n) is 4.25. The summed E-state index contributed by atoms with van der Waals surface area (Å²) in [4.78, 5) is 16.4. The number of rotatable bonds is 5. The van der Waals surface area contributed by atoms with E-state index in [1.807, 2.05) is 23.7 Å². The minimum atomic E-state index is -0.186. The monoisotopic (exact) mass is 314 g/mol. The summed E-state index contributed by atoms with van der Waals surface area (Å²) >= 11 is 0. The van der Waals surface area contributed by atoms with Crippen molar-refractivity contribution in [3.8, 4) is 0 Å². The zero-order valence-electron chi connectivity index (χ0n) is 13.3. The number of carbonyl (C=O) groups excluding carboxylic acids is 1. The fraction of sp³-hybridized carbons (Fsp3) is 0.500. The van der Waals surface area contributed by atoms with Gasteiger partial charge < -0.3 is 10.6 Å². The van der Waals surface area contributed by atoms with Crippen molar-refractivity contribution in [2.75, 3.05) is 13.1 Å². The largest absolute Gasteiger partial charge is 0.344 e. The molecule has 7 nitrogen and oxygen atoms in total. The maximum atomic E-state index is 12.4. The van der Waals surface area contributed by atoms with Gasteiger partial charge in [0, 0.05) is 12.4 Å². The van der Waals surface area contributed by atoms with Crippen LogP contribution in [-0.4, -0.2) is 39.0 Å². The maximum Gasteiger partial charge on any atom is 0.273 e. The fourth-order valence-electron chi connectivity index (χ4n) is 2.88. The van der Waals surface area contributed by atoms with E-state index < -0.39 is 0 Å². The van der Waals surface area contributed by atoms with Crippen molar-refractivity contribution in [1.29, 1.82) is 0 Å². The molecule has 3 rings (SSSR count). The molecule has 0 spiro atoms. The van der Waals surface area contributed by atoms with Gasteiger partial charge >= 0.3 is 0 Å². The van der Waals surface area contributed by atoms with Crippen molar-refractivity contribution < 1.29 is 4.79 Å². The van der Waals surface area contributed by atoms with Gasteiger partial charge in [0.2, 0.25) is 0 Å². The average molecular weight is 314 g/mol. The van der Waals surface area contributed by atoms with E-state index >= 15 is 0 Å². The summed E-state index contributed by atoms with van der Waals surface area (Å²) < 4.78 is 1.82. The molecule has 2 aromatic rings. The summed E-state index contributed by atoms with van der Waals surface area (Å²) in [5.41, 5.74) is 1.41. The highest BCUT2D eigenvalue weighted by Gasteiger charge is 2.20. The highest BCUT2D eigenvalue weighted by molar-refractivity contribution is 5.92. The summed E-state index contributed by atoms with van der Waals surface area (Å²) in [6.45, 7) is 4.00. The smallest absolute Gasteiger partial charge is 0.273 e. The molecule has 1 unspecified atom stereocenters. The third kappa shape index (κ3) is 3.73. The first kappa shape index (κ1) is 15.6. The first-order chi connectivity index (χ1) is 11.3. The minimum absolute atomic E-state index is 0.0467. The molecular formula is C16H22N6O. The molecule has 1 atom stereocenters. The highest BCUT2D eigenvalue weighted by atomic mass is 16.2. The number of nitrogens with zero attached hydrogens (tertiary/aromatic N) is 4. The Hall–Kier alpha value is -2.28. The van der Waals surface area contributed by atoms with Gasteiger partial charge in [-0.3, -0.25) is 9.78 Å². The van der Waals surface area contributed by atoms with E-state index in [0.717, 1.165) is 37.9 Å². The Morgan fingerprint density at radius 3 is 2.83 bits per heavy atom. The molecule has 0 aromatic carbocycles. The molecule has 3 heterocycles. The molecule has 1 aliphatic heterocycles. The number of carbonyl (C=O) groups is 1. The van der Waals surface area contributed by atoms with Gasteiger partial charge in [-0.1, -0.05) is 12.1 Å². The number of hydrogen-bond acceptors (Lipinski definition) is 5. The van der Waals surface area contributed by atoms with Crippen LogP contribution in [0.2, 0.25) is 0 Å². The Balaban J connectivity index is 1.67. The lowest BCUT2D eigenvalue weighted by atomic mass is 10.1. The number of amides is 1. The molecular weight excluding hydrogens is 292 g/mol. The molecule has 1 saturated heterocycles. The van der Waals surface area contributed by atoms with Crippen LogP contribution >= 0.6 is 0 Å². The van der Waals surface area contributed by atoms with E-state index in [2.05, 4.69) is 25.9 Å². The van der Waals surface area contributed by atoms with Crippen LogP contribution in [0.4, 0.5) is 0 Å². The summed E-state index contributed by atoms with van der Waals surface area (Å²) in [7, 11) is 0. The lowest BCUT2D eigenvalue weighted by Crippen LogP contribution is -2.30. The van der Waals surface area contributed by atoms with Crippen LogP contribution in [-0.2, 0) is 0 Å². The standard InChI is InChI=1S/C16H22N6O/c1-2-14(12-3-7-17-8-4-12)19-16(23)15-11-22(21-20-15)13-5-9-18-10-6-13/h3-4,7-8,11,13-14,18H,2,5-6,9-10H2,1H3,(H,19,23). The molecule has 2 N–H and O–H groups in total. The van der Waals surface area contributed by atoms with Gasteiger partial charge in [-0.2, -0.15) is 0 Å². The molecule has 122 valence electrons. The Bertz CT molecular complexity index is 635. The quantitative estimate of drug-likeness (QED) is 0.873. The van der Waals surface area contributed by atoms with Crippen molar-refractivity contribution in [2.45, 2.75) is 38.3 Å². The van der Waals surface area contributed by atoms with Gasteiger partial charge in [-0.05, 0) is 50.0 Å². The molecule has 7 heteroatoms. The first-order valence-electron chi connectivity index (χ1n) is 8.11. The van der Waals surface area contributed by atoms with Crippen LogP contribution in [0.25, 0.3) is 0 Å². The number of aromatic nitrogens is 4. The van der Waals surface area contributed by atoms with E-state index in [0.29, 0.717) is 11.7 Å². The maximum absolute atomic E-state index is 12.4.